The molecule has 3 aliphatic rings. The maximum absolute atomic E-state index is 15.0. The van der Waals surface area contributed by atoms with Crippen LogP contribution in [0.1, 0.15) is 76.7 Å². The van der Waals surface area contributed by atoms with E-state index in [2.05, 4.69) is 26.0 Å². The molecule has 3 unspecified atom stereocenters. The first-order valence-corrected chi connectivity index (χ1v) is 11.9. The summed E-state index contributed by atoms with van der Waals surface area (Å²) in [6.45, 7) is 5.11. The zero-order chi connectivity index (χ0) is 21.1. The number of ether oxygens (including phenoxy) is 1. The van der Waals surface area contributed by atoms with E-state index >= 15 is 4.39 Å². The number of carbonyl (C=O) groups is 1. The minimum Gasteiger partial charge on any atom is -0.461 e. The molecule has 1 heterocycles. The van der Waals surface area contributed by atoms with Gasteiger partial charge >= 0.3 is 0 Å². The van der Waals surface area contributed by atoms with E-state index in [9.17, 15) is 4.79 Å². The third-order valence-electron chi connectivity index (χ3n) is 7.43. The van der Waals surface area contributed by atoms with Gasteiger partial charge in [-0.15, -0.1) is 0 Å². The van der Waals surface area contributed by atoms with Crippen molar-refractivity contribution in [3.63, 3.8) is 0 Å². The van der Waals surface area contributed by atoms with Gasteiger partial charge in [0.1, 0.15) is 17.7 Å². The molecule has 30 heavy (non-hydrogen) atoms. The van der Waals surface area contributed by atoms with E-state index in [0.717, 1.165) is 56.6 Å². The largest absolute Gasteiger partial charge is 0.461 e. The molecule has 3 nitrogen and oxygen atoms in total. The number of allylic oxidation sites excluding steroid dienone is 2. The lowest BCUT2D eigenvalue weighted by atomic mass is 9.80. The first-order valence-electron chi connectivity index (χ1n) is 11.9. The van der Waals surface area contributed by atoms with Crippen LogP contribution in [0, 0.1) is 18.8 Å². The maximum atomic E-state index is 15.0. The van der Waals surface area contributed by atoms with E-state index < -0.39 is 6.17 Å². The van der Waals surface area contributed by atoms with Crippen LogP contribution in [0.15, 0.2) is 35.6 Å². The predicted octanol–water partition coefficient (Wildman–Crippen LogP) is 6.36. The van der Waals surface area contributed by atoms with E-state index in [-0.39, 0.29) is 23.8 Å². The lowest BCUT2D eigenvalue weighted by Gasteiger charge is -2.34. The van der Waals surface area contributed by atoms with Crippen LogP contribution >= 0.6 is 0 Å². The molecule has 0 spiro atoms. The summed E-state index contributed by atoms with van der Waals surface area (Å²) >= 11 is 0. The Hall–Kier alpha value is -1.84. The summed E-state index contributed by atoms with van der Waals surface area (Å²) in [7, 11) is 0. The Labute approximate surface area is 180 Å². The van der Waals surface area contributed by atoms with Crippen LogP contribution in [0.5, 0.6) is 5.75 Å². The van der Waals surface area contributed by atoms with Crippen LogP contribution in [-0.4, -0.2) is 29.6 Å². The van der Waals surface area contributed by atoms with Gasteiger partial charge in [0, 0.05) is 24.9 Å². The molecule has 3 fully saturated rings. The standard InChI is InChI=1S/C26H36FNO2/c1-18-9-13-24(14-10-18)30-26(20-6-5-7-20)19(2)21-11-12-23(17-22(27)16-21)28-15-4-3-8-25(28)29/h9-10,13-14,19,21-23H,3-8,11-12,15-17H2,1-2H3/t19?,21?,22-,23?/m1/s1. The summed E-state index contributed by atoms with van der Waals surface area (Å²) in [5.41, 5.74) is 2.63. The molecule has 1 saturated heterocycles. The molecule has 1 aromatic rings. The molecule has 2 saturated carbocycles. The first kappa shape index (κ1) is 21.4. The highest BCUT2D eigenvalue weighted by molar-refractivity contribution is 5.77. The summed E-state index contributed by atoms with van der Waals surface area (Å²) < 4.78 is 21.4. The summed E-state index contributed by atoms with van der Waals surface area (Å²) in [5.74, 6) is 2.65. The number of hydrogen-bond acceptors (Lipinski definition) is 2. The minimum atomic E-state index is -0.841. The smallest absolute Gasteiger partial charge is 0.222 e. The average molecular weight is 414 g/mol. The Morgan fingerprint density at radius 2 is 1.83 bits per heavy atom. The van der Waals surface area contributed by atoms with Gasteiger partial charge in [-0.1, -0.05) is 24.6 Å². The van der Waals surface area contributed by atoms with Crippen molar-refractivity contribution in [3.05, 3.63) is 41.2 Å². The number of nitrogens with zero attached hydrogens (tertiary/aromatic N) is 1. The van der Waals surface area contributed by atoms with Crippen molar-refractivity contribution in [3.8, 4) is 5.75 Å². The molecule has 1 aromatic carbocycles. The van der Waals surface area contributed by atoms with Crippen molar-refractivity contribution in [2.24, 2.45) is 11.8 Å². The van der Waals surface area contributed by atoms with Crippen LogP contribution in [-0.2, 0) is 4.79 Å². The van der Waals surface area contributed by atoms with Crippen LogP contribution < -0.4 is 4.74 Å². The van der Waals surface area contributed by atoms with Crippen LogP contribution in [0.2, 0.25) is 0 Å². The highest BCUT2D eigenvalue weighted by Gasteiger charge is 2.36. The minimum absolute atomic E-state index is 0.0721. The number of piperidine rings is 1. The number of alkyl halides is 1. The number of hydrogen-bond donors (Lipinski definition) is 0. The van der Waals surface area contributed by atoms with Crippen LogP contribution in [0.4, 0.5) is 4.39 Å². The summed E-state index contributed by atoms with van der Waals surface area (Å²) in [5, 5.41) is 0. The maximum Gasteiger partial charge on any atom is 0.222 e. The number of rotatable bonds is 5. The Morgan fingerprint density at radius 1 is 1.07 bits per heavy atom. The van der Waals surface area contributed by atoms with Gasteiger partial charge in [0.2, 0.25) is 5.91 Å². The molecule has 164 valence electrons. The summed E-state index contributed by atoms with van der Waals surface area (Å²) in [4.78, 5) is 14.4. The molecule has 4 heteroatoms. The van der Waals surface area contributed by atoms with Crippen LogP contribution in [0.25, 0.3) is 0 Å². The zero-order valence-electron chi connectivity index (χ0n) is 18.5. The van der Waals surface area contributed by atoms with Gasteiger partial charge in [0.25, 0.3) is 0 Å². The molecular formula is C26H36FNO2. The number of likely N-dealkylation sites (tertiary alicyclic amines) is 1. The summed E-state index contributed by atoms with van der Waals surface area (Å²) in [6.07, 6.45) is 8.20. The zero-order valence-corrected chi connectivity index (χ0v) is 18.5. The molecule has 1 amide bonds. The normalized spacial score (nSPS) is 28.5. The molecule has 4 rings (SSSR count). The van der Waals surface area contributed by atoms with Gasteiger partial charge < -0.3 is 9.64 Å². The molecule has 0 aromatic heterocycles. The molecule has 4 atom stereocenters. The number of carbonyl (C=O) groups excluding carboxylic acids is 1. The predicted molar refractivity (Wildman–Crippen MR) is 118 cm³/mol. The van der Waals surface area contributed by atoms with Crippen molar-refractivity contribution in [1.82, 2.24) is 4.90 Å². The third kappa shape index (κ3) is 4.90. The lowest BCUT2D eigenvalue weighted by molar-refractivity contribution is -0.136. The fourth-order valence-corrected chi connectivity index (χ4v) is 5.35. The van der Waals surface area contributed by atoms with E-state index in [1.165, 1.54) is 17.6 Å². The fraction of sp³-hybridized carbons (Fsp3) is 0.654. The Kier molecular flexibility index (Phi) is 6.80. The van der Waals surface area contributed by atoms with Crippen molar-refractivity contribution >= 4 is 5.91 Å². The number of amides is 1. The Morgan fingerprint density at radius 3 is 2.50 bits per heavy atom. The molecule has 0 radical (unpaired) electrons. The van der Waals surface area contributed by atoms with E-state index in [1.807, 2.05) is 17.0 Å². The number of benzene rings is 1. The molecule has 0 N–H and O–H groups in total. The monoisotopic (exact) mass is 413 g/mol. The third-order valence-corrected chi connectivity index (χ3v) is 7.43. The number of halogens is 1. The van der Waals surface area contributed by atoms with Gasteiger partial charge in [-0.25, -0.2) is 4.39 Å². The van der Waals surface area contributed by atoms with E-state index in [4.69, 9.17) is 4.74 Å². The topological polar surface area (TPSA) is 29.5 Å². The highest BCUT2D eigenvalue weighted by atomic mass is 19.1. The second kappa shape index (κ2) is 9.53. The van der Waals surface area contributed by atoms with Gasteiger partial charge in [-0.2, -0.15) is 0 Å². The van der Waals surface area contributed by atoms with Crippen molar-refractivity contribution in [1.29, 1.82) is 0 Å². The first-order chi connectivity index (χ1) is 14.5. The second-order valence-corrected chi connectivity index (χ2v) is 9.63. The molecule has 0 bridgehead atoms. The van der Waals surface area contributed by atoms with Gasteiger partial charge in [0.05, 0.1) is 0 Å². The number of aryl methyl sites for hydroxylation is 1. The van der Waals surface area contributed by atoms with Gasteiger partial charge in [0.15, 0.2) is 0 Å². The highest BCUT2D eigenvalue weighted by Crippen LogP contribution is 2.41. The Bertz CT molecular complexity index is 766. The van der Waals surface area contributed by atoms with Gasteiger partial charge in [-0.05, 0) is 88.3 Å². The second-order valence-electron chi connectivity index (χ2n) is 9.63. The molecule has 1 aliphatic heterocycles. The van der Waals surface area contributed by atoms with Crippen LogP contribution in [0.3, 0.4) is 0 Å². The lowest BCUT2D eigenvalue weighted by Crippen LogP contribution is -2.43. The quantitative estimate of drug-likeness (QED) is 0.415. The Balaban J connectivity index is 1.47. The van der Waals surface area contributed by atoms with Crippen molar-refractivity contribution in [2.75, 3.05) is 6.54 Å². The SMILES string of the molecule is Cc1ccc(OC(=C2CCC2)C(C)C2CCC(N3CCCCC3=O)C[C@H](F)C2)cc1. The molecule has 2 aliphatic carbocycles. The van der Waals surface area contributed by atoms with E-state index in [0.29, 0.717) is 19.3 Å². The fourth-order valence-electron chi connectivity index (χ4n) is 5.35. The van der Waals surface area contributed by atoms with Crippen molar-refractivity contribution < 1.29 is 13.9 Å². The van der Waals surface area contributed by atoms with Gasteiger partial charge in [-0.3, -0.25) is 4.79 Å². The molecular weight excluding hydrogens is 377 g/mol. The van der Waals surface area contributed by atoms with Crippen molar-refractivity contribution in [2.45, 2.75) is 90.3 Å². The average Bonchev–Trinajstić information content (AvgIpc) is 2.89. The summed E-state index contributed by atoms with van der Waals surface area (Å²) in [6, 6.07) is 8.29. The van der Waals surface area contributed by atoms with E-state index in [1.54, 1.807) is 0 Å².